The van der Waals surface area contributed by atoms with Crippen molar-refractivity contribution >= 4 is 33.5 Å². The molecule has 2 atom stereocenters. The van der Waals surface area contributed by atoms with Crippen molar-refractivity contribution in [1.82, 2.24) is 0 Å². The van der Waals surface area contributed by atoms with E-state index in [9.17, 15) is 9.59 Å². The highest BCUT2D eigenvalue weighted by atomic mass is 16.6. The van der Waals surface area contributed by atoms with Crippen LogP contribution in [0.4, 0.5) is 0 Å². The highest BCUT2D eigenvalue weighted by Gasteiger charge is 2.22. The maximum Gasteiger partial charge on any atom is 0.306 e. The first kappa shape index (κ1) is 33.6. The summed E-state index contributed by atoms with van der Waals surface area (Å²) in [5.41, 5.74) is 1.04. The lowest BCUT2D eigenvalue weighted by molar-refractivity contribution is -0.154. The molecule has 2 unspecified atom stereocenters. The summed E-state index contributed by atoms with van der Waals surface area (Å²) in [6, 6.07) is 13.9. The van der Waals surface area contributed by atoms with Crippen molar-refractivity contribution in [1.29, 1.82) is 0 Å². The minimum Gasteiger partial charge on any atom is -0.488 e. The summed E-state index contributed by atoms with van der Waals surface area (Å²) in [6.45, 7) is 14.5. The lowest BCUT2D eigenvalue weighted by atomic mass is 9.99. The van der Waals surface area contributed by atoms with Gasteiger partial charge < -0.3 is 28.4 Å². The smallest absolute Gasteiger partial charge is 0.306 e. The lowest BCUT2D eigenvalue weighted by Gasteiger charge is -2.23. The van der Waals surface area contributed by atoms with Gasteiger partial charge >= 0.3 is 11.9 Å². The van der Waals surface area contributed by atoms with Gasteiger partial charge in [0.15, 0.2) is 12.2 Å². The highest BCUT2D eigenvalue weighted by Crippen LogP contribution is 2.43. The molecule has 43 heavy (non-hydrogen) atoms. The normalized spacial score (nSPS) is 12.4. The number of ether oxygens (including phenoxy) is 6. The van der Waals surface area contributed by atoms with E-state index in [0.717, 1.165) is 27.1 Å². The zero-order valence-corrected chi connectivity index (χ0v) is 25.6. The summed E-state index contributed by atoms with van der Waals surface area (Å²) >= 11 is 0. The Kier molecular flexibility index (Phi) is 14.0. The molecule has 0 radical (unpaired) electrons. The van der Waals surface area contributed by atoms with Gasteiger partial charge in [-0.05, 0) is 25.8 Å². The van der Waals surface area contributed by atoms with Gasteiger partial charge in [-0.25, -0.2) is 0 Å². The summed E-state index contributed by atoms with van der Waals surface area (Å²) in [4.78, 5) is 24.6. The molecule has 0 fully saturated rings. The third-order valence-corrected chi connectivity index (χ3v) is 6.49. The maximum absolute atomic E-state index is 12.3. The minimum absolute atomic E-state index is 0.107. The molecule has 0 aliphatic rings. The predicted octanol–water partition coefficient (Wildman–Crippen LogP) is 6.89. The number of rotatable bonds is 20. The molecule has 0 heterocycles. The van der Waals surface area contributed by atoms with E-state index < -0.39 is 12.2 Å². The zero-order chi connectivity index (χ0) is 31.0. The van der Waals surface area contributed by atoms with E-state index >= 15 is 0 Å². The van der Waals surface area contributed by atoms with E-state index in [4.69, 9.17) is 28.4 Å². The average molecular weight is 593 g/mol. The molecule has 0 aliphatic carbocycles. The second-order valence-corrected chi connectivity index (χ2v) is 10.3. The fourth-order valence-electron chi connectivity index (χ4n) is 4.57. The van der Waals surface area contributed by atoms with Crippen molar-refractivity contribution < 1.29 is 38.0 Å². The molecule has 0 saturated carbocycles. The quantitative estimate of drug-likeness (QED) is 0.0607. The second-order valence-electron chi connectivity index (χ2n) is 10.3. The molecule has 8 heteroatoms. The molecule has 0 spiro atoms. The second kappa shape index (κ2) is 17.9. The van der Waals surface area contributed by atoms with Gasteiger partial charge in [0.2, 0.25) is 0 Å². The summed E-state index contributed by atoms with van der Waals surface area (Å²) in [5, 5.41) is 3.36. The van der Waals surface area contributed by atoms with E-state index in [1.54, 1.807) is 12.2 Å². The molecule has 0 saturated heterocycles. The fraction of sp³-hybridized carbons (Fsp3) is 0.429. The van der Waals surface area contributed by atoms with Gasteiger partial charge in [-0.3, -0.25) is 9.59 Å². The van der Waals surface area contributed by atoms with Crippen LogP contribution in [0.3, 0.4) is 0 Å². The Balaban J connectivity index is 1.97. The van der Waals surface area contributed by atoms with Gasteiger partial charge in [0.25, 0.3) is 0 Å². The number of hydrogen-bond acceptors (Lipinski definition) is 8. The summed E-state index contributed by atoms with van der Waals surface area (Å²) in [7, 11) is 0. The molecule has 0 amide bonds. The average Bonchev–Trinajstić information content (AvgIpc) is 2.98. The molecule has 0 bridgehead atoms. The van der Waals surface area contributed by atoms with Gasteiger partial charge in [0, 0.05) is 34.4 Å². The summed E-state index contributed by atoms with van der Waals surface area (Å²) < 4.78 is 35.4. The van der Waals surface area contributed by atoms with E-state index in [2.05, 4.69) is 13.2 Å². The fourth-order valence-corrected chi connectivity index (χ4v) is 4.57. The number of carbonyl (C=O) groups excluding carboxylic acids is 2. The van der Waals surface area contributed by atoms with Crippen LogP contribution in [0.2, 0.25) is 0 Å². The first-order valence-electron chi connectivity index (χ1n) is 14.9. The zero-order valence-electron chi connectivity index (χ0n) is 25.6. The number of aryl methyl sites for hydroxylation is 1. The Morgan fingerprint density at radius 3 is 1.63 bits per heavy atom. The van der Waals surface area contributed by atoms with Crippen LogP contribution < -0.4 is 9.47 Å². The number of hydrogen-bond donors (Lipinski definition) is 0. The lowest BCUT2D eigenvalue weighted by Crippen LogP contribution is -2.30. The number of benzene rings is 3. The molecular formula is C35H44O8. The Morgan fingerprint density at radius 2 is 1.16 bits per heavy atom. The summed E-state index contributed by atoms with van der Waals surface area (Å²) in [6.07, 6.45) is 4.13. The van der Waals surface area contributed by atoms with Crippen molar-refractivity contribution in [3.05, 3.63) is 73.3 Å². The molecule has 0 aromatic heterocycles. The van der Waals surface area contributed by atoms with Gasteiger partial charge in [0.1, 0.15) is 24.7 Å². The maximum atomic E-state index is 12.3. The molecule has 3 aromatic rings. The molecule has 3 rings (SSSR count). The van der Waals surface area contributed by atoms with Crippen LogP contribution in [-0.2, 0) is 28.5 Å². The van der Waals surface area contributed by atoms with Crippen LogP contribution in [0.15, 0.2) is 67.8 Å². The summed E-state index contributed by atoms with van der Waals surface area (Å²) in [5.74, 6) is 0.720. The third-order valence-electron chi connectivity index (χ3n) is 6.49. The molecule has 232 valence electrons. The largest absolute Gasteiger partial charge is 0.488 e. The van der Waals surface area contributed by atoms with Crippen LogP contribution in [0.5, 0.6) is 11.5 Å². The SMILES string of the molecule is C=CCOCC(COc1c2ccccc2c(OCC(COCC=C)OC(=O)CCC)c2cc(C)ccc12)OC(=O)CCC. The van der Waals surface area contributed by atoms with Crippen molar-refractivity contribution in [2.75, 3.05) is 39.6 Å². The predicted molar refractivity (Wildman–Crippen MR) is 169 cm³/mol. The number of esters is 2. The van der Waals surface area contributed by atoms with E-state index in [0.29, 0.717) is 50.4 Å². The van der Waals surface area contributed by atoms with Crippen LogP contribution in [0.25, 0.3) is 21.5 Å². The van der Waals surface area contributed by atoms with Crippen LogP contribution in [0.1, 0.15) is 45.1 Å². The van der Waals surface area contributed by atoms with Crippen LogP contribution in [-0.4, -0.2) is 63.8 Å². The molecular weight excluding hydrogens is 548 g/mol. The first-order chi connectivity index (χ1) is 20.9. The first-order valence-corrected chi connectivity index (χ1v) is 14.9. The van der Waals surface area contributed by atoms with Crippen molar-refractivity contribution in [2.24, 2.45) is 0 Å². The van der Waals surface area contributed by atoms with Gasteiger partial charge in [-0.15, -0.1) is 13.2 Å². The Bertz CT molecular complexity index is 1360. The Hall–Kier alpha value is -3.88. The van der Waals surface area contributed by atoms with E-state index in [-0.39, 0.29) is 38.4 Å². The van der Waals surface area contributed by atoms with Gasteiger partial charge in [-0.1, -0.05) is 68.0 Å². The Labute approximate surface area is 254 Å². The van der Waals surface area contributed by atoms with E-state index in [1.165, 1.54) is 0 Å². The number of fused-ring (bicyclic) bond motifs is 2. The van der Waals surface area contributed by atoms with Crippen molar-refractivity contribution in [3.8, 4) is 11.5 Å². The minimum atomic E-state index is -0.595. The van der Waals surface area contributed by atoms with Crippen LogP contribution in [0, 0.1) is 6.92 Å². The molecule has 3 aromatic carbocycles. The van der Waals surface area contributed by atoms with Gasteiger partial charge in [-0.2, -0.15) is 0 Å². The van der Waals surface area contributed by atoms with Gasteiger partial charge in [0.05, 0.1) is 26.4 Å². The van der Waals surface area contributed by atoms with Crippen LogP contribution >= 0.6 is 0 Å². The molecule has 0 aliphatic heterocycles. The van der Waals surface area contributed by atoms with Crippen molar-refractivity contribution in [3.63, 3.8) is 0 Å². The molecule has 8 nitrogen and oxygen atoms in total. The highest BCUT2D eigenvalue weighted by molar-refractivity contribution is 6.11. The number of carbonyl (C=O) groups is 2. The standard InChI is InChI=1S/C35H44O8/c1-6-12-32(36)42-26(21-38-18-8-3)23-40-34-28-14-10-11-15-29(28)35(31-20-25(5)16-17-30(31)34)41-24-27(22-39-19-9-4)43-33(37)13-7-2/h8-11,14-17,20,26-27H,3-4,6-7,12-13,18-19,21-24H2,1-2,5H3. The Morgan fingerprint density at radius 1 is 0.698 bits per heavy atom. The third kappa shape index (κ3) is 10.1. The monoisotopic (exact) mass is 592 g/mol. The van der Waals surface area contributed by atoms with E-state index in [1.807, 2.05) is 63.2 Å². The van der Waals surface area contributed by atoms with Crippen molar-refractivity contribution in [2.45, 2.75) is 58.7 Å². The molecule has 0 N–H and O–H groups in total. The topological polar surface area (TPSA) is 89.5 Å².